The predicted octanol–water partition coefficient (Wildman–Crippen LogP) is 5.15. The zero-order valence-electron chi connectivity index (χ0n) is 16.8. The molecular formula is C24H28FNO3. The number of aromatic hydroxyl groups is 1. The van der Waals surface area contributed by atoms with Gasteiger partial charge in [0.2, 0.25) is 0 Å². The van der Waals surface area contributed by atoms with Gasteiger partial charge in [0.15, 0.2) is 0 Å². The second kappa shape index (κ2) is 8.44. The summed E-state index contributed by atoms with van der Waals surface area (Å²) in [5, 5.41) is 9.64. The summed E-state index contributed by atoms with van der Waals surface area (Å²) in [6.45, 7) is 3.52. The van der Waals surface area contributed by atoms with E-state index in [2.05, 4.69) is 6.92 Å². The summed E-state index contributed by atoms with van der Waals surface area (Å²) in [6.07, 6.45) is 5.26. The lowest BCUT2D eigenvalue weighted by molar-refractivity contribution is 0.0655. The third-order valence-corrected chi connectivity index (χ3v) is 6.35. The Morgan fingerprint density at radius 3 is 2.69 bits per heavy atom. The van der Waals surface area contributed by atoms with Crippen molar-refractivity contribution in [3.63, 3.8) is 0 Å². The van der Waals surface area contributed by atoms with Crippen molar-refractivity contribution in [3.8, 4) is 11.5 Å². The minimum absolute atomic E-state index is 0.0268. The van der Waals surface area contributed by atoms with Crippen molar-refractivity contribution in [1.29, 1.82) is 0 Å². The molecule has 0 bridgehead atoms. The average Bonchev–Trinajstić information content (AvgIpc) is 3.02. The van der Waals surface area contributed by atoms with E-state index in [-0.39, 0.29) is 23.6 Å². The van der Waals surface area contributed by atoms with Crippen LogP contribution in [0.2, 0.25) is 0 Å². The molecule has 1 atom stereocenters. The topological polar surface area (TPSA) is 49.8 Å². The Balaban J connectivity index is 1.31. The first kappa shape index (κ1) is 19.7. The Morgan fingerprint density at radius 1 is 1.17 bits per heavy atom. The molecule has 1 fully saturated rings. The Hall–Kier alpha value is -2.56. The van der Waals surface area contributed by atoms with Crippen molar-refractivity contribution in [2.75, 3.05) is 6.54 Å². The fourth-order valence-corrected chi connectivity index (χ4v) is 4.78. The molecule has 0 aromatic heterocycles. The maximum absolute atomic E-state index is 13.4. The number of nitrogens with zero attached hydrogens (tertiary/aromatic N) is 1. The number of rotatable bonds is 6. The van der Waals surface area contributed by atoms with Crippen LogP contribution < -0.4 is 4.74 Å². The molecule has 1 amide bonds. The molecule has 29 heavy (non-hydrogen) atoms. The third-order valence-electron chi connectivity index (χ3n) is 6.35. The van der Waals surface area contributed by atoms with Crippen LogP contribution in [0.3, 0.4) is 0 Å². The molecule has 0 radical (unpaired) electrons. The number of phenols is 1. The maximum atomic E-state index is 13.4. The highest BCUT2D eigenvalue weighted by molar-refractivity contribution is 5.98. The predicted molar refractivity (Wildman–Crippen MR) is 109 cm³/mol. The van der Waals surface area contributed by atoms with E-state index >= 15 is 0 Å². The van der Waals surface area contributed by atoms with E-state index in [1.54, 1.807) is 18.2 Å². The lowest BCUT2D eigenvalue weighted by Crippen LogP contribution is -2.35. The van der Waals surface area contributed by atoms with Gasteiger partial charge in [-0.25, -0.2) is 4.39 Å². The number of benzene rings is 2. The van der Waals surface area contributed by atoms with E-state index in [1.807, 2.05) is 17.0 Å². The van der Waals surface area contributed by atoms with E-state index in [0.717, 1.165) is 44.2 Å². The van der Waals surface area contributed by atoms with Crippen molar-refractivity contribution in [2.45, 2.75) is 51.7 Å². The van der Waals surface area contributed by atoms with Gasteiger partial charge in [-0.2, -0.15) is 0 Å². The Kier molecular flexibility index (Phi) is 5.74. The van der Waals surface area contributed by atoms with Gasteiger partial charge in [-0.05, 0) is 73.8 Å². The molecule has 154 valence electrons. The van der Waals surface area contributed by atoms with Crippen LogP contribution in [-0.2, 0) is 6.54 Å². The molecule has 1 unspecified atom stereocenters. The molecule has 1 saturated carbocycles. The van der Waals surface area contributed by atoms with Crippen LogP contribution in [0.25, 0.3) is 0 Å². The second-order valence-corrected chi connectivity index (χ2v) is 8.33. The van der Waals surface area contributed by atoms with E-state index in [9.17, 15) is 14.3 Å². The number of hydrogen-bond acceptors (Lipinski definition) is 3. The first-order valence-electron chi connectivity index (χ1n) is 10.6. The number of phenolic OH excluding ortho intramolecular Hbond substituents is 1. The summed E-state index contributed by atoms with van der Waals surface area (Å²) in [4.78, 5) is 14.5. The molecule has 5 heteroatoms. The normalized spacial score (nSPS) is 22.4. The van der Waals surface area contributed by atoms with E-state index < -0.39 is 0 Å². The standard InChI is InChI=1S/C24H28FNO3/c1-2-23(29-21-5-3-4-19(25)12-21)17-8-6-16(7-9-17)14-26-15-18-10-11-20(27)13-22(18)24(26)28/h3-5,10-13,16-17,23,27H,2,6-9,14-15H2,1H3. The smallest absolute Gasteiger partial charge is 0.254 e. The molecule has 2 aromatic rings. The molecule has 1 aliphatic carbocycles. The molecule has 0 spiro atoms. The van der Waals surface area contributed by atoms with Crippen LogP contribution in [0.15, 0.2) is 42.5 Å². The van der Waals surface area contributed by atoms with Gasteiger partial charge < -0.3 is 14.7 Å². The van der Waals surface area contributed by atoms with Crippen LogP contribution >= 0.6 is 0 Å². The first-order chi connectivity index (χ1) is 14.0. The number of ether oxygens (including phenoxy) is 1. The van der Waals surface area contributed by atoms with E-state index in [0.29, 0.717) is 29.7 Å². The van der Waals surface area contributed by atoms with Crippen LogP contribution in [0.4, 0.5) is 4.39 Å². The highest BCUT2D eigenvalue weighted by Gasteiger charge is 2.33. The van der Waals surface area contributed by atoms with Crippen molar-refractivity contribution >= 4 is 5.91 Å². The van der Waals surface area contributed by atoms with Gasteiger partial charge in [-0.1, -0.05) is 19.1 Å². The Bertz CT molecular complexity index is 876. The van der Waals surface area contributed by atoms with Gasteiger partial charge in [0.25, 0.3) is 5.91 Å². The number of hydrogen-bond donors (Lipinski definition) is 1. The molecule has 1 N–H and O–H groups in total. The Labute approximate surface area is 171 Å². The van der Waals surface area contributed by atoms with Crippen LogP contribution in [0, 0.1) is 17.7 Å². The number of amides is 1. The third kappa shape index (κ3) is 4.39. The molecule has 1 heterocycles. The molecular weight excluding hydrogens is 369 g/mol. The summed E-state index contributed by atoms with van der Waals surface area (Å²) in [6, 6.07) is 11.4. The van der Waals surface area contributed by atoms with Gasteiger partial charge in [-0.15, -0.1) is 0 Å². The maximum Gasteiger partial charge on any atom is 0.254 e. The van der Waals surface area contributed by atoms with Crippen LogP contribution in [-0.4, -0.2) is 28.6 Å². The molecule has 4 rings (SSSR count). The van der Waals surface area contributed by atoms with Crippen LogP contribution in [0.1, 0.15) is 54.9 Å². The zero-order valence-corrected chi connectivity index (χ0v) is 16.8. The SMILES string of the molecule is CCC(Oc1cccc(F)c1)C1CCC(CN2Cc3ccc(O)cc3C2=O)CC1. The summed E-state index contributed by atoms with van der Waals surface area (Å²) in [5.74, 6) is 1.45. The number of carbonyl (C=O) groups excluding carboxylic acids is 1. The molecule has 2 aromatic carbocycles. The van der Waals surface area contributed by atoms with Gasteiger partial charge in [0, 0.05) is 24.7 Å². The zero-order chi connectivity index (χ0) is 20.4. The first-order valence-corrected chi connectivity index (χ1v) is 10.6. The lowest BCUT2D eigenvalue weighted by Gasteiger charge is -2.35. The second-order valence-electron chi connectivity index (χ2n) is 8.33. The number of halogens is 1. The van der Waals surface area contributed by atoms with E-state index in [4.69, 9.17) is 4.74 Å². The molecule has 0 saturated heterocycles. The van der Waals surface area contributed by atoms with Gasteiger partial charge in [-0.3, -0.25) is 4.79 Å². The van der Waals surface area contributed by atoms with Crippen molar-refractivity contribution in [3.05, 3.63) is 59.4 Å². The molecule has 4 nitrogen and oxygen atoms in total. The quantitative estimate of drug-likeness (QED) is 0.733. The summed E-state index contributed by atoms with van der Waals surface area (Å²) < 4.78 is 19.5. The van der Waals surface area contributed by atoms with Crippen molar-refractivity contribution in [2.24, 2.45) is 11.8 Å². The van der Waals surface area contributed by atoms with Gasteiger partial charge in [0.05, 0.1) is 0 Å². The Morgan fingerprint density at radius 2 is 1.97 bits per heavy atom. The van der Waals surface area contributed by atoms with Crippen LogP contribution in [0.5, 0.6) is 11.5 Å². The minimum Gasteiger partial charge on any atom is -0.508 e. The number of fused-ring (bicyclic) bond motifs is 1. The van der Waals surface area contributed by atoms with Gasteiger partial charge >= 0.3 is 0 Å². The van der Waals surface area contributed by atoms with Gasteiger partial charge in [0.1, 0.15) is 23.4 Å². The summed E-state index contributed by atoms with van der Waals surface area (Å²) in [5.41, 5.74) is 1.63. The summed E-state index contributed by atoms with van der Waals surface area (Å²) in [7, 11) is 0. The highest BCUT2D eigenvalue weighted by atomic mass is 19.1. The summed E-state index contributed by atoms with van der Waals surface area (Å²) >= 11 is 0. The fraction of sp³-hybridized carbons (Fsp3) is 0.458. The molecule has 2 aliphatic rings. The van der Waals surface area contributed by atoms with Crippen molar-refractivity contribution in [1.82, 2.24) is 4.90 Å². The number of carbonyl (C=O) groups is 1. The largest absolute Gasteiger partial charge is 0.508 e. The molecule has 1 aliphatic heterocycles. The lowest BCUT2D eigenvalue weighted by atomic mass is 9.78. The average molecular weight is 397 g/mol. The van der Waals surface area contributed by atoms with E-state index in [1.165, 1.54) is 12.1 Å². The van der Waals surface area contributed by atoms with Crippen molar-refractivity contribution < 1.29 is 19.0 Å². The monoisotopic (exact) mass is 397 g/mol. The minimum atomic E-state index is -0.273. The highest BCUT2D eigenvalue weighted by Crippen LogP contribution is 2.35. The fourth-order valence-electron chi connectivity index (χ4n) is 4.78.